The molecule has 0 heterocycles. The van der Waals surface area contributed by atoms with E-state index >= 15 is 0 Å². The second-order valence-electron chi connectivity index (χ2n) is 11.1. The minimum Gasteiger partial charge on any atom is -0.494 e. The van der Waals surface area contributed by atoms with Gasteiger partial charge in [0.25, 0.3) is 0 Å². The number of rotatable bonds is 16. The largest absolute Gasteiger partial charge is 0.494 e. The highest BCUT2D eigenvalue weighted by Crippen LogP contribution is 2.41. The van der Waals surface area contributed by atoms with E-state index in [1.165, 1.54) is 48.0 Å². The lowest BCUT2D eigenvalue weighted by Gasteiger charge is -2.22. The van der Waals surface area contributed by atoms with Gasteiger partial charge in [-0.15, -0.1) is 0 Å². The predicted octanol–water partition coefficient (Wildman–Crippen LogP) is 6.71. The molecule has 38 heavy (non-hydrogen) atoms. The Hall–Kier alpha value is -2.63. The second kappa shape index (κ2) is 15.7. The SMILES string of the molecule is CC(=O)CCC(=C(c1ccc(OCCCN(C)C)cc1)c1ccc(OCCCN(C)C)cc1)C1CCCC1. The van der Waals surface area contributed by atoms with Crippen LogP contribution in [0.15, 0.2) is 54.1 Å². The number of hydrogen-bond acceptors (Lipinski definition) is 5. The van der Waals surface area contributed by atoms with Crippen molar-refractivity contribution in [2.24, 2.45) is 5.92 Å². The van der Waals surface area contributed by atoms with Crippen molar-refractivity contribution in [3.63, 3.8) is 0 Å². The van der Waals surface area contributed by atoms with Crippen molar-refractivity contribution in [2.75, 3.05) is 54.5 Å². The van der Waals surface area contributed by atoms with Crippen LogP contribution in [0.4, 0.5) is 0 Å². The third-order valence-corrected chi connectivity index (χ3v) is 7.24. The van der Waals surface area contributed by atoms with Gasteiger partial charge in [-0.3, -0.25) is 0 Å². The number of hydrogen-bond donors (Lipinski definition) is 0. The summed E-state index contributed by atoms with van der Waals surface area (Å²) in [6.45, 7) is 5.16. The van der Waals surface area contributed by atoms with Crippen molar-refractivity contribution < 1.29 is 14.3 Å². The highest BCUT2D eigenvalue weighted by Gasteiger charge is 2.24. The Balaban J connectivity index is 1.87. The zero-order valence-corrected chi connectivity index (χ0v) is 24.3. The molecule has 0 spiro atoms. The van der Waals surface area contributed by atoms with Gasteiger partial charge in [0, 0.05) is 19.5 Å². The average molecular weight is 521 g/mol. The summed E-state index contributed by atoms with van der Waals surface area (Å²) in [4.78, 5) is 16.4. The van der Waals surface area contributed by atoms with Gasteiger partial charge in [-0.2, -0.15) is 0 Å². The first-order valence-electron chi connectivity index (χ1n) is 14.3. The van der Waals surface area contributed by atoms with Gasteiger partial charge in [-0.1, -0.05) is 42.7 Å². The van der Waals surface area contributed by atoms with Crippen molar-refractivity contribution in [2.45, 2.75) is 58.3 Å². The Bertz CT molecular complexity index is 942. The van der Waals surface area contributed by atoms with Gasteiger partial charge in [-0.05, 0) is 114 Å². The van der Waals surface area contributed by atoms with Crippen LogP contribution in [-0.2, 0) is 4.79 Å². The molecule has 0 radical (unpaired) electrons. The summed E-state index contributed by atoms with van der Waals surface area (Å²) in [5.74, 6) is 2.59. The molecular weight excluding hydrogens is 472 g/mol. The fourth-order valence-electron chi connectivity index (χ4n) is 5.23. The Morgan fingerprint density at radius 3 is 1.58 bits per heavy atom. The molecule has 1 fully saturated rings. The number of Topliss-reactive ketones (excluding diaryl/α,β-unsaturated/α-hetero) is 1. The molecule has 5 nitrogen and oxygen atoms in total. The Morgan fingerprint density at radius 1 is 0.737 bits per heavy atom. The first kappa shape index (κ1) is 29.9. The Kier molecular flexibility index (Phi) is 12.4. The second-order valence-corrected chi connectivity index (χ2v) is 11.1. The first-order valence-corrected chi connectivity index (χ1v) is 14.3. The maximum atomic E-state index is 12.0. The number of nitrogens with zero attached hydrogens (tertiary/aromatic N) is 2. The molecule has 2 aromatic rings. The molecule has 0 N–H and O–H groups in total. The molecule has 3 rings (SSSR count). The predicted molar refractivity (Wildman–Crippen MR) is 158 cm³/mol. The third-order valence-electron chi connectivity index (χ3n) is 7.24. The van der Waals surface area contributed by atoms with Crippen molar-refractivity contribution in [3.05, 3.63) is 65.2 Å². The van der Waals surface area contributed by atoms with E-state index in [1.54, 1.807) is 6.92 Å². The summed E-state index contributed by atoms with van der Waals surface area (Å²) < 4.78 is 12.0. The number of carbonyl (C=O) groups excluding carboxylic acids is 1. The van der Waals surface area contributed by atoms with E-state index in [4.69, 9.17) is 9.47 Å². The van der Waals surface area contributed by atoms with Crippen molar-refractivity contribution >= 4 is 11.4 Å². The molecule has 5 heteroatoms. The minimum atomic E-state index is 0.253. The molecule has 1 aliphatic carbocycles. The van der Waals surface area contributed by atoms with E-state index in [-0.39, 0.29) is 5.78 Å². The van der Waals surface area contributed by atoms with Gasteiger partial charge in [0.2, 0.25) is 0 Å². The lowest BCUT2D eigenvalue weighted by molar-refractivity contribution is -0.117. The molecular formula is C33H48N2O3. The van der Waals surface area contributed by atoms with Crippen LogP contribution in [-0.4, -0.2) is 70.1 Å². The van der Waals surface area contributed by atoms with E-state index < -0.39 is 0 Å². The maximum absolute atomic E-state index is 12.0. The fraction of sp³-hybridized carbons (Fsp3) is 0.545. The monoisotopic (exact) mass is 520 g/mol. The van der Waals surface area contributed by atoms with Crippen molar-refractivity contribution in [3.8, 4) is 11.5 Å². The number of ether oxygens (including phenoxy) is 2. The lowest BCUT2D eigenvalue weighted by atomic mass is 9.83. The number of benzene rings is 2. The number of carbonyl (C=O) groups is 1. The molecule has 1 saturated carbocycles. The van der Waals surface area contributed by atoms with Gasteiger partial charge in [0.15, 0.2) is 0 Å². The van der Waals surface area contributed by atoms with E-state index in [1.807, 2.05) is 0 Å². The molecule has 0 saturated heterocycles. The average Bonchev–Trinajstić information content (AvgIpc) is 3.42. The summed E-state index contributed by atoms with van der Waals surface area (Å²) in [7, 11) is 8.34. The zero-order chi connectivity index (χ0) is 27.3. The van der Waals surface area contributed by atoms with E-state index in [0.717, 1.165) is 43.9 Å². The van der Waals surface area contributed by atoms with Crippen LogP contribution in [0.1, 0.15) is 69.4 Å². The molecule has 0 bridgehead atoms. The highest BCUT2D eigenvalue weighted by atomic mass is 16.5. The number of allylic oxidation sites excluding steroid dienone is 1. The van der Waals surface area contributed by atoms with Crippen LogP contribution in [0.5, 0.6) is 11.5 Å². The van der Waals surface area contributed by atoms with Gasteiger partial charge < -0.3 is 24.1 Å². The molecule has 2 aromatic carbocycles. The highest BCUT2D eigenvalue weighted by molar-refractivity contribution is 5.84. The normalized spacial score (nSPS) is 13.8. The van der Waals surface area contributed by atoms with Crippen molar-refractivity contribution in [1.82, 2.24) is 9.80 Å². The Labute approximate surface area is 230 Å². The van der Waals surface area contributed by atoms with Crippen LogP contribution in [0.3, 0.4) is 0 Å². The molecule has 0 atom stereocenters. The summed E-state index contributed by atoms with van der Waals surface area (Å²) in [6.07, 6.45) is 8.35. The van der Waals surface area contributed by atoms with Crippen LogP contribution in [0.2, 0.25) is 0 Å². The topological polar surface area (TPSA) is 42.0 Å². The van der Waals surface area contributed by atoms with Gasteiger partial charge in [0.1, 0.15) is 17.3 Å². The van der Waals surface area contributed by atoms with Gasteiger partial charge in [0.05, 0.1) is 13.2 Å². The number of ketones is 1. The van der Waals surface area contributed by atoms with Crippen LogP contribution in [0, 0.1) is 5.92 Å². The first-order chi connectivity index (χ1) is 18.3. The van der Waals surface area contributed by atoms with E-state index in [0.29, 0.717) is 25.6 Å². The minimum absolute atomic E-state index is 0.253. The van der Waals surface area contributed by atoms with E-state index in [9.17, 15) is 4.79 Å². The summed E-state index contributed by atoms with van der Waals surface area (Å²) in [6, 6.07) is 17.1. The van der Waals surface area contributed by atoms with Gasteiger partial charge in [-0.25, -0.2) is 0 Å². The fourth-order valence-corrected chi connectivity index (χ4v) is 5.23. The molecule has 0 amide bonds. The molecule has 1 aliphatic rings. The van der Waals surface area contributed by atoms with Gasteiger partial charge >= 0.3 is 0 Å². The third kappa shape index (κ3) is 9.92. The molecule has 208 valence electrons. The maximum Gasteiger partial charge on any atom is 0.130 e. The summed E-state index contributed by atoms with van der Waals surface area (Å²) >= 11 is 0. The van der Waals surface area contributed by atoms with E-state index in [2.05, 4.69) is 86.5 Å². The molecule has 0 aromatic heterocycles. The Morgan fingerprint density at radius 2 is 1.18 bits per heavy atom. The van der Waals surface area contributed by atoms with Crippen LogP contribution >= 0.6 is 0 Å². The lowest BCUT2D eigenvalue weighted by Crippen LogP contribution is -2.15. The standard InChI is InChI=1S/C33H48N2O3/c1-26(36)12-21-32(27-10-6-7-11-27)33(28-13-17-30(18-14-28)37-24-8-22-34(2)3)29-15-19-31(20-16-29)38-25-9-23-35(4)5/h13-20,27H,6-12,21-25H2,1-5H3. The smallest absolute Gasteiger partial charge is 0.130 e. The van der Waals surface area contributed by atoms with Crippen molar-refractivity contribution in [1.29, 1.82) is 0 Å². The summed E-state index contributed by atoms with van der Waals surface area (Å²) in [5.41, 5.74) is 5.08. The molecule has 0 aliphatic heterocycles. The quantitative estimate of drug-likeness (QED) is 0.230. The molecule has 0 unspecified atom stereocenters. The van der Waals surface area contributed by atoms with Crippen LogP contribution in [0.25, 0.3) is 5.57 Å². The summed E-state index contributed by atoms with van der Waals surface area (Å²) in [5, 5.41) is 0. The van der Waals surface area contributed by atoms with Crippen LogP contribution < -0.4 is 9.47 Å². The zero-order valence-electron chi connectivity index (χ0n) is 24.3.